The van der Waals surface area contributed by atoms with E-state index in [4.69, 9.17) is 5.11 Å². The zero-order valence-electron chi connectivity index (χ0n) is 9.06. The van der Waals surface area contributed by atoms with Crippen LogP contribution in [0.5, 0.6) is 0 Å². The Morgan fingerprint density at radius 3 is 2.47 bits per heavy atom. The lowest BCUT2D eigenvalue weighted by Gasteiger charge is -2.13. The summed E-state index contributed by atoms with van der Waals surface area (Å²) in [6.07, 6.45) is -0.735. The van der Waals surface area contributed by atoms with Gasteiger partial charge in [0.2, 0.25) is 0 Å². The summed E-state index contributed by atoms with van der Waals surface area (Å²) in [5.74, 6) is -0.412. The molecule has 3 atom stereocenters. The Morgan fingerprint density at radius 2 is 1.93 bits per heavy atom. The van der Waals surface area contributed by atoms with E-state index in [0.717, 1.165) is 32.1 Å². The van der Waals surface area contributed by atoms with Crippen molar-refractivity contribution in [1.82, 2.24) is 0 Å². The van der Waals surface area contributed by atoms with E-state index >= 15 is 0 Å². The van der Waals surface area contributed by atoms with Gasteiger partial charge in [0, 0.05) is 0 Å². The van der Waals surface area contributed by atoms with E-state index in [-0.39, 0.29) is 5.92 Å². The lowest BCUT2D eigenvalue weighted by Crippen LogP contribution is -2.31. The summed E-state index contributed by atoms with van der Waals surface area (Å²) in [4.78, 5) is 0. The highest BCUT2D eigenvalue weighted by Crippen LogP contribution is 2.48. The Hall–Kier alpha value is -0.250. The predicted octanol–water partition coefficient (Wildman–Crippen LogP) is 3.52. The molecule has 0 radical (unpaired) electrons. The van der Waals surface area contributed by atoms with Crippen LogP contribution in [0.4, 0.5) is 13.2 Å². The Bertz CT molecular complexity index is 191. The molecule has 0 spiro atoms. The average molecular weight is 224 g/mol. The predicted molar refractivity (Wildman–Crippen MR) is 52.4 cm³/mol. The molecule has 1 N–H and O–H groups in total. The molecule has 90 valence electrons. The number of aliphatic hydroxyl groups is 1. The molecular formula is C11H19F3O. The summed E-state index contributed by atoms with van der Waals surface area (Å²) in [5, 5.41) is 8.97. The summed E-state index contributed by atoms with van der Waals surface area (Å²) in [7, 11) is 0. The van der Waals surface area contributed by atoms with E-state index in [1.807, 2.05) is 0 Å². The highest BCUT2D eigenvalue weighted by Gasteiger charge is 2.53. The maximum absolute atomic E-state index is 12.1. The van der Waals surface area contributed by atoms with Gasteiger partial charge in [-0.15, -0.1) is 0 Å². The SMILES string of the molecule is CCCCCC[C@H]1C[C@H]1[C@H](O)C(F)(F)F. The van der Waals surface area contributed by atoms with Gasteiger partial charge in [-0.3, -0.25) is 0 Å². The summed E-state index contributed by atoms with van der Waals surface area (Å²) in [6.45, 7) is 2.10. The van der Waals surface area contributed by atoms with Crippen LogP contribution in [0.25, 0.3) is 0 Å². The number of halogens is 3. The smallest absolute Gasteiger partial charge is 0.383 e. The van der Waals surface area contributed by atoms with Gasteiger partial charge in [-0.1, -0.05) is 39.0 Å². The average Bonchev–Trinajstić information content (AvgIpc) is 2.89. The summed E-state index contributed by atoms with van der Waals surface area (Å²) in [5.41, 5.74) is 0. The van der Waals surface area contributed by atoms with Crippen molar-refractivity contribution in [2.24, 2.45) is 11.8 Å². The Kier molecular flexibility index (Phi) is 4.44. The van der Waals surface area contributed by atoms with Crippen LogP contribution in [0.1, 0.15) is 45.4 Å². The topological polar surface area (TPSA) is 20.2 Å². The highest BCUT2D eigenvalue weighted by atomic mass is 19.4. The molecule has 0 aromatic heterocycles. The minimum absolute atomic E-state index is 0.110. The molecule has 0 amide bonds. The fourth-order valence-corrected chi connectivity index (χ4v) is 2.07. The molecule has 4 heteroatoms. The highest BCUT2D eigenvalue weighted by molar-refractivity contribution is 4.93. The van der Waals surface area contributed by atoms with Gasteiger partial charge < -0.3 is 5.11 Å². The van der Waals surface area contributed by atoms with Gasteiger partial charge in [0.25, 0.3) is 0 Å². The first-order chi connectivity index (χ1) is 6.96. The molecule has 15 heavy (non-hydrogen) atoms. The molecule has 1 nitrogen and oxygen atoms in total. The first kappa shape index (κ1) is 12.8. The van der Waals surface area contributed by atoms with Crippen molar-refractivity contribution in [3.8, 4) is 0 Å². The standard InChI is InChI=1S/C11H19F3O/c1-2-3-4-5-6-8-7-9(8)10(15)11(12,13)14/h8-10,15H,2-7H2,1H3/t8-,9+,10-/m0/s1. The number of aliphatic hydroxyl groups excluding tert-OH is 1. The fraction of sp³-hybridized carbons (Fsp3) is 1.00. The third-order valence-electron chi connectivity index (χ3n) is 3.15. The number of unbranched alkanes of at least 4 members (excludes halogenated alkanes) is 3. The molecule has 0 aromatic rings. The number of hydrogen-bond donors (Lipinski definition) is 1. The maximum atomic E-state index is 12.1. The maximum Gasteiger partial charge on any atom is 0.414 e. The minimum atomic E-state index is -4.43. The third kappa shape index (κ3) is 4.01. The van der Waals surface area contributed by atoms with E-state index in [1.54, 1.807) is 0 Å². The van der Waals surface area contributed by atoms with Crippen molar-refractivity contribution in [3.63, 3.8) is 0 Å². The van der Waals surface area contributed by atoms with Crippen LogP contribution in [0.3, 0.4) is 0 Å². The normalized spacial score (nSPS) is 27.8. The summed E-state index contributed by atoms with van der Waals surface area (Å²) >= 11 is 0. The lowest BCUT2D eigenvalue weighted by atomic mass is 10.1. The van der Waals surface area contributed by atoms with Gasteiger partial charge in [-0.05, 0) is 18.3 Å². The van der Waals surface area contributed by atoms with E-state index in [2.05, 4.69) is 6.92 Å². The minimum Gasteiger partial charge on any atom is -0.383 e. The van der Waals surface area contributed by atoms with E-state index < -0.39 is 18.2 Å². The van der Waals surface area contributed by atoms with E-state index in [0.29, 0.717) is 6.42 Å². The monoisotopic (exact) mass is 224 g/mol. The zero-order chi connectivity index (χ0) is 11.5. The molecule has 1 saturated carbocycles. The lowest BCUT2D eigenvalue weighted by molar-refractivity contribution is -0.211. The molecule has 1 aliphatic carbocycles. The third-order valence-corrected chi connectivity index (χ3v) is 3.15. The number of rotatable bonds is 6. The quantitative estimate of drug-likeness (QED) is 0.684. The van der Waals surface area contributed by atoms with Crippen LogP contribution < -0.4 is 0 Å². The van der Waals surface area contributed by atoms with Crippen LogP contribution in [-0.2, 0) is 0 Å². The molecule has 0 saturated heterocycles. The molecular weight excluding hydrogens is 205 g/mol. The fourth-order valence-electron chi connectivity index (χ4n) is 2.07. The van der Waals surface area contributed by atoms with Gasteiger partial charge in [0.05, 0.1) is 0 Å². The summed E-state index contributed by atoms with van der Waals surface area (Å²) < 4.78 is 36.3. The molecule has 1 aliphatic rings. The van der Waals surface area contributed by atoms with Crippen LogP contribution >= 0.6 is 0 Å². The van der Waals surface area contributed by atoms with Crippen molar-refractivity contribution in [2.45, 2.75) is 57.7 Å². The van der Waals surface area contributed by atoms with Crippen molar-refractivity contribution in [2.75, 3.05) is 0 Å². The summed E-state index contributed by atoms with van der Waals surface area (Å²) in [6, 6.07) is 0. The van der Waals surface area contributed by atoms with Crippen molar-refractivity contribution in [3.05, 3.63) is 0 Å². The van der Waals surface area contributed by atoms with Crippen molar-refractivity contribution >= 4 is 0 Å². The molecule has 0 aliphatic heterocycles. The number of hydrogen-bond acceptors (Lipinski definition) is 1. The largest absolute Gasteiger partial charge is 0.414 e. The Morgan fingerprint density at radius 1 is 1.27 bits per heavy atom. The van der Waals surface area contributed by atoms with Gasteiger partial charge in [0.1, 0.15) is 0 Å². The second kappa shape index (κ2) is 5.19. The Balaban J connectivity index is 2.12. The molecule has 1 rings (SSSR count). The molecule has 0 bridgehead atoms. The molecule has 0 heterocycles. The van der Waals surface area contributed by atoms with Crippen LogP contribution in [-0.4, -0.2) is 17.4 Å². The zero-order valence-corrected chi connectivity index (χ0v) is 9.06. The molecule has 1 fully saturated rings. The van der Waals surface area contributed by atoms with Crippen molar-refractivity contribution < 1.29 is 18.3 Å². The number of alkyl halides is 3. The van der Waals surface area contributed by atoms with Gasteiger partial charge in [-0.2, -0.15) is 13.2 Å². The van der Waals surface area contributed by atoms with Gasteiger partial charge >= 0.3 is 6.18 Å². The first-order valence-electron chi connectivity index (χ1n) is 5.71. The van der Waals surface area contributed by atoms with E-state index in [1.165, 1.54) is 0 Å². The second-order valence-corrected chi connectivity index (χ2v) is 4.50. The molecule has 0 unspecified atom stereocenters. The van der Waals surface area contributed by atoms with Crippen LogP contribution in [0.2, 0.25) is 0 Å². The van der Waals surface area contributed by atoms with E-state index in [9.17, 15) is 13.2 Å². The first-order valence-corrected chi connectivity index (χ1v) is 5.71. The second-order valence-electron chi connectivity index (χ2n) is 4.50. The van der Waals surface area contributed by atoms with Gasteiger partial charge in [-0.25, -0.2) is 0 Å². The molecule has 0 aromatic carbocycles. The van der Waals surface area contributed by atoms with Crippen molar-refractivity contribution in [1.29, 1.82) is 0 Å². The Labute approximate surface area is 88.7 Å². The van der Waals surface area contributed by atoms with Gasteiger partial charge in [0.15, 0.2) is 6.10 Å². The van der Waals surface area contributed by atoms with Crippen LogP contribution in [0.15, 0.2) is 0 Å². The van der Waals surface area contributed by atoms with Crippen LogP contribution in [0, 0.1) is 11.8 Å².